The van der Waals surface area contributed by atoms with Gasteiger partial charge in [0.25, 0.3) is 0 Å². The van der Waals surface area contributed by atoms with Gasteiger partial charge in [0, 0.05) is 12.5 Å². The van der Waals surface area contributed by atoms with Crippen LogP contribution in [0.4, 0.5) is 0 Å². The van der Waals surface area contributed by atoms with Crippen LogP contribution in [0.2, 0.25) is 0 Å². The van der Waals surface area contributed by atoms with Gasteiger partial charge in [-0.2, -0.15) is 0 Å². The van der Waals surface area contributed by atoms with Gasteiger partial charge in [0.2, 0.25) is 0 Å². The highest BCUT2D eigenvalue weighted by Gasteiger charge is 2.18. The Kier molecular flexibility index (Phi) is 4.79. The molecule has 1 aliphatic rings. The molecule has 0 N–H and O–H groups in total. The zero-order valence-electron chi connectivity index (χ0n) is 13.5. The highest BCUT2D eigenvalue weighted by Crippen LogP contribution is 2.28. The summed E-state index contributed by atoms with van der Waals surface area (Å²) >= 11 is 0. The second-order valence-electron chi connectivity index (χ2n) is 6.28. The summed E-state index contributed by atoms with van der Waals surface area (Å²) in [5, 5.41) is 0.438. The molecule has 0 amide bonds. The predicted octanol–water partition coefficient (Wildman–Crippen LogP) is 4.34. The molecule has 1 fully saturated rings. The Bertz CT molecular complexity index is 754. The molecule has 4 nitrogen and oxygen atoms in total. The standard InChI is InChI=1S/C19H22O4/c1-22-17-9-5-8-14-16(21)12-18(23-19(14)17)15(20)11-10-13-6-3-2-4-7-13/h5,8-9,12-13H,2-4,6-7,10-11H2,1H3. The van der Waals surface area contributed by atoms with Crippen molar-refractivity contribution < 1.29 is 13.9 Å². The lowest BCUT2D eigenvalue weighted by atomic mass is 9.85. The topological polar surface area (TPSA) is 56.5 Å². The van der Waals surface area contributed by atoms with Crippen molar-refractivity contribution in [3.63, 3.8) is 0 Å². The van der Waals surface area contributed by atoms with Crippen molar-refractivity contribution in [1.29, 1.82) is 0 Å². The Morgan fingerprint density at radius 1 is 1.26 bits per heavy atom. The number of Topliss-reactive ketones (excluding diaryl/α,β-unsaturated/α-hetero) is 1. The Balaban J connectivity index is 1.81. The van der Waals surface area contributed by atoms with Crippen molar-refractivity contribution in [1.82, 2.24) is 0 Å². The third kappa shape index (κ3) is 3.46. The van der Waals surface area contributed by atoms with Crippen LogP contribution in [-0.4, -0.2) is 12.9 Å². The minimum atomic E-state index is -0.203. The third-order valence-electron chi connectivity index (χ3n) is 4.72. The van der Waals surface area contributed by atoms with Gasteiger partial charge in [-0.1, -0.05) is 38.2 Å². The Morgan fingerprint density at radius 2 is 2.04 bits per heavy atom. The number of hydrogen-bond donors (Lipinski definition) is 0. The minimum absolute atomic E-state index is 0.0968. The van der Waals surface area contributed by atoms with Crippen LogP contribution < -0.4 is 10.2 Å². The Labute approximate surface area is 135 Å². The van der Waals surface area contributed by atoms with Crippen LogP contribution in [0.1, 0.15) is 55.5 Å². The summed E-state index contributed by atoms with van der Waals surface area (Å²) in [6.45, 7) is 0. The van der Waals surface area contributed by atoms with Gasteiger partial charge >= 0.3 is 0 Å². The SMILES string of the molecule is COc1cccc2c(=O)cc(C(=O)CCC3CCCCC3)oc12. The molecule has 0 atom stereocenters. The molecule has 1 saturated carbocycles. The molecular weight excluding hydrogens is 292 g/mol. The lowest BCUT2D eigenvalue weighted by Crippen LogP contribution is -2.11. The molecule has 3 rings (SSSR count). The van der Waals surface area contributed by atoms with E-state index in [1.807, 2.05) is 0 Å². The van der Waals surface area contributed by atoms with Gasteiger partial charge < -0.3 is 9.15 Å². The number of fused-ring (bicyclic) bond motifs is 1. The monoisotopic (exact) mass is 314 g/mol. The molecule has 2 aromatic rings. The van der Waals surface area contributed by atoms with E-state index in [0.29, 0.717) is 29.1 Å². The maximum atomic E-state index is 12.4. The lowest BCUT2D eigenvalue weighted by Gasteiger charge is -2.20. The maximum absolute atomic E-state index is 12.4. The van der Waals surface area contributed by atoms with Crippen molar-refractivity contribution in [3.05, 3.63) is 40.2 Å². The van der Waals surface area contributed by atoms with Crippen LogP contribution in [0.25, 0.3) is 11.0 Å². The summed E-state index contributed by atoms with van der Waals surface area (Å²) in [6.07, 6.45) is 7.58. The van der Waals surface area contributed by atoms with Gasteiger partial charge in [0.15, 0.2) is 28.3 Å². The van der Waals surface area contributed by atoms with Gasteiger partial charge in [0.1, 0.15) is 0 Å². The third-order valence-corrected chi connectivity index (χ3v) is 4.72. The molecule has 4 heteroatoms. The first-order chi connectivity index (χ1) is 11.2. The fraction of sp³-hybridized carbons (Fsp3) is 0.474. The second kappa shape index (κ2) is 6.99. The molecule has 1 heterocycles. The van der Waals surface area contributed by atoms with Crippen molar-refractivity contribution in [2.24, 2.45) is 5.92 Å². The maximum Gasteiger partial charge on any atom is 0.198 e. The largest absolute Gasteiger partial charge is 0.493 e. The van der Waals surface area contributed by atoms with Crippen LogP contribution in [0.5, 0.6) is 5.75 Å². The van der Waals surface area contributed by atoms with Gasteiger partial charge in [-0.3, -0.25) is 9.59 Å². The summed E-state index contributed by atoms with van der Waals surface area (Å²) in [5.41, 5.74) is 0.148. The van der Waals surface area contributed by atoms with E-state index in [2.05, 4.69) is 0 Å². The molecular formula is C19H22O4. The molecule has 122 valence electrons. The average molecular weight is 314 g/mol. The fourth-order valence-corrected chi connectivity index (χ4v) is 3.38. The average Bonchev–Trinajstić information content (AvgIpc) is 2.60. The zero-order valence-corrected chi connectivity index (χ0v) is 13.5. The number of benzene rings is 1. The van der Waals surface area contributed by atoms with Crippen LogP contribution in [0.3, 0.4) is 0 Å². The van der Waals surface area contributed by atoms with Crippen LogP contribution in [-0.2, 0) is 0 Å². The minimum Gasteiger partial charge on any atom is -0.493 e. The summed E-state index contributed by atoms with van der Waals surface area (Å²) in [6, 6.07) is 6.45. The highest BCUT2D eigenvalue weighted by atomic mass is 16.5. The molecule has 23 heavy (non-hydrogen) atoms. The van der Waals surface area contributed by atoms with Crippen LogP contribution in [0.15, 0.2) is 33.5 Å². The van der Waals surface area contributed by atoms with Crippen molar-refractivity contribution in [2.75, 3.05) is 7.11 Å². The number of carbonyl (C=O) groups excluding carboxylic acids is 1. The molecule has 1 aromatic carbocycles. The van der Waals surface area contributed by atoms with E-state index in [-0.39, 0.29) is 17.0 Å². The first-order valence-electron chi connectivity index (χ1n) is 8.33. The Hall–Kier alpha value is -2.10. The summed E-state index contributed by atoms with van der Waals surface area (Å²) in [4.78, 5) is 24.6. The van der Waals surface area contributed by atoms with Crippen molar-refractivity contribution in [2.45, 2.75) is 44.9 Å². The van der Waals surface area contributed by atoms with Crippen molar-refractivity contribution >= 4 is 16.8 Å². The molecule has 0 spiro atoms. The van der Waals surface area contributed by atoms with E-state index in [0.717, 1.165) is 6.42 Å². The van der Waals surface area contributed by atoms with Gasteiger partial charge in [0.05, 0.1) is 12.5 Å². The van der Waals surface area contributed by atoms with Crippen LogP contribution in [0, 0.1) is 5.92 Å². The molecule has 1 aromatic heterocycles. The summed E-state index contributed by atoms with van der Waals surface area (Å²) in [7, 11) is 1.52. The number of rotatable bonds is 5. The van der Waals surface area contributed by atoms with Crippen molar-refractivity contribution in [3.8, 4) is 5.75 Å². The molecule has 0 bridgehead atoms. The lowest BCUT2D eigenvalue weighted by molar-refractivity contribution is 0.0943. The van der Waals surface area contributed by atoms with Gasteiger partial charge in [-0.15, -0.1) is 0 Å². The van der Waals surface area contributed by atoms with E-state index in [1.165, 1.54) is 45.3 Å². The quantitative estimate of drug-likeness (QED) is 0.770. The number of para-hydroxylation sites is 1. The number of ketones is 1. The second-order valence-corrected chi connectivity index (χ2v) is 6.28. The number of ether oxygens (including phenoxy) is 1. The molecule has 1 aliphatic carbocycles. The van der Waals surface area contributed by atoms with Gasteiger partial charge in [-0.25, -0.2) is 0 Å². The first kappa shape index (κ1) is 15.8. The fourth-order valence-electron chi connectivity index (χ4n) is 3.38. The smallest absolute Gasteiger partial charge is 0.198 e. The van der Waals surface area contributed by atoms with E-state index >= 15 is 0 Å². The van der Waals surface area contributed by atoms with E-state index in [9.17, 15) is 9.59 Å². The van der Waals surface area contributed by atoms with Crippen LogP contribution >= 0.6 is 0 Å². The molecule has 0 radical (unpaired) electrons. The Morgan fingerprint density at radius 3 is 2.78 bits per heavy atom. The van der Waals surface area contributed by atoms with E-state index in [4.69, 9.17) is 9.15 Å². The summed E-state index contributed by atoms with van der Waals surface area (Å²) in [5.74, 6) is 1.15. The normalized spacial score (nSPS) is 15.7. The number of methoxy groups -OCH3 is 1. The van der Waals surface area contributed by atoms with E-state index in [1.54, 1.807) is 18.2 Å². The first-order valence-corrected chi connectivity index (χ1v) is 8.33. The number of carbonyl (C=O) groups is 1. The predicted molar refractivity (Wildman–Crippen MR) is 89.2 cm³/mol. The van der Waals surface area contributed by atoms with Gasteiger partial charge in [-0.05, 0) is 24.5 Å². The highest BCUT2D eigenvalue weighted by molar-refractivity contribution is 5.95. The summed E-state index contributed by atoms with van der Waals surface area (Å²) < 4.78 is 10.9. The van der Waals surface area contributed by atoms with E-state index < -0.39 is 0 Å². The zero-order chi connectivity index (χ0) is 16.2. The number of hydrogen-bond acceptors (Lipinski definition) is 4. The molecule has 0 saturated heterocycles. The molecule has 0 unspecified atom stereocenters. The molecule has 0 aliphatic heterocycles.